The third kappa shape index (κ3) is 5.12. The van der Waals surface area contributed by atoms with Crippen molar-refractivity contribution in [3.8, 4) is 11.5 Å². The molecule has 0 radical (unpaired) electrons. The second-order valence-corrected chi connectivity index (χ2v) is 9.94. The molecule has 10 heteroatoms. The van der Waals surface area contributed by atoms with Crippen LogP contribution in [-0.2, 0) is 14.3 Å². The Morgan fingerprint density at radius 2 is 1.79 bits per heavy atom. The molecule has 1 fully saturated rings. The molecule has 1 aliphatic rings. The van der Waals surface area contributed by atoms with Gasteiger partial charge in [0, 0.05) is 5.56 Å². The molecule has 1 unspecified atom stereocenters. The first-order valence-corrected chi connectivity index (χ1v) is 13.3. The Balaban J connectivity index is 1.97. The predicted molar refractivity (Wildman–Crippen MR) is 148 cm³/mol. The quantitative estimate of drug-likeness (QED) is 0.174. The first-order valence-electron chi connectivity index (χ1n) is 12.5. The number of methoxy groups -OCH3 is 1. The average molecular weight is 551 g/mol. The van der Waals surface area contributed by atoms with Gasteiger partial charge in [0.25, 0.3) is 5.78 Å². The molecule has 1 amide bonds. The molecule has 1 aromatic heterocycles. The molecule has 0 aliphatic carbocycles. The number of carbonyl (C=O) groups excluding carboxylic acids is 3. The van der Waals surface area contributed by atoms with Crippen LogP contribution in [0.1, 0.15) is 57.5 Å². The Kier molecular flexibility index (Phi) is 8.06. The molecule has 1 aliphatic heterocycles. The monoisotopic (exact) mass is 550 g/mol. The van der Waals surface area contributed by atoms with Crippen molar-refractivity contribution in [2.75, 3.05) is 25.2 Å². The number of anilines is 1. The zero-order chi connectivity index (χ0) is 28.4. The number of benzene rings is 2. The van der Waals surface area contributed by atoms with Crippen molar-refractivity contribution in [1.82, 2.24) is 4.98 Å². The van der Waals surface area contributed by atoms with E-state index in [1.54, 1.807) is 38.1 Å². The lowest BCUT2D eigenvalue weighted by Gasteiger charge is -2.24. The third-order valence-electron chi connectivity index (χ3n) is 6.35. The number of hydrogen-bond donors (Lipinski definition) is 1. The summed E-state index contributed by atoms with van der Waals surface area (Å²) in [6, 6.07) is 9.51. The number of Topliss-reactive ketones (excluding diaryl/α,β-unsaturated/α-hetero) is 1. The van der Waals surface area contributed by atoms with Crippen LogP contribution in [0.2, 0.25) is 0 Å². The number of thiazole rings is 1. The van der Waals surface area contributed by atoms with E-state index in [2.05, 4.69) is 4.98 Å². The van der Waals surface area contributed by atoms with Crippen LogP contribution in [0.5, 0.6) is 11.5 Å². The highest BCUT2D eigenvalue weighted by Crippen LogP contribution is 2.45. The van der Waals surface area contributed by atoms with Crippen LogP contribution in [0.4, 0.5) is 5.13 Å². The normalized spacial score (nSPS) is 16.5. The third-order valence-corrected chi connectivity index (χ3v) is 7.48. The maximum Gasteiger partial charge on any atom is 0.350 e. The van der Waals surface area contributed by atoms with Gasteiger partial charge in [0.15, 0.2) is 16.6 Å². The van der Waals surface area contributed by atoms with E-state index in [1.807, 2.05) is 32.9 Å². The number of aliphatic hydroxyl groups excluding tert-OH is 1. The molecule has 2 aromatic carbocycles. The van der Waals surface area contributed by atoms with Gasteiger partial charge in [-0.15, -0.1) is 0 Å². The van der Waals surface area contributed by atoms with Gasteiger partial charge in [-0.1, -0.05) is 35.1 Å². The van der Waals surface area contributed by atoms with Crippen LogP contribution in [0, 0.1) is 20.8 Å². The van der Waals surface area contributed by atoms with Crippen LogP contribution in [0.15, 0.2) is 42.0 Å². The molecular formula is C29H30N2O7S. The van der Waals surface area contributed by atoms with Gasteiger partial charge in [0.2, 0.25) is 0 Å². The first-order chi connectivity index (χ1) is 18.6. The zero-order valence-electron chi connectivity index (χ0n) is 22.7. The lowest BCUT2D eigenvalue weighted by Crippen LogP contribution is -2.29. The molecule has 1 saturated heterocycles. The van der Waals surface area contributed by atoms with E-state index in [4.69, 9.17) is 14.2 Å². The Morgan fingerprint density at radius 1 is 1.05 bits per heavy atom. The number of nitrogens with zero attached hydrogens (tertiary/aromatic N) is 2. The van der Waals surface area contributed by atoms with Crippen molar-refractivity contribution >= 4 is 39.9 Å². The molecule has 39 heavy (non-hydrogen) atoms. The molecule has 204 valence electrons. The van der Waals surface area contributed by atoms with Crippen molar-refractivity contribution < 1.29 is 33.7 Å². The summed E-state index contributed by atoms with van der Waals surface area (Å²) in [7, 11) is 1.49. The highest BCUT2D eigenvalue weighted by Gasteiger charge is 2.48. The molecule has 4 rings (SSSR count). The van der Waals surface area contributed by atoms with Gasteiger partial charge in [-0.25, -0.2) is 9.78 Å². The van der Waals surface area contributed by atoms with E-state index < -0.39 is 23.7 Å². The lowest BCUT2D eigenvalue weighted by atomic mass is 9.93. The molecule has 0 spiro atoms. The van der Waals surface area contributed by atoms with E-state index in [0.29, 0.717) is 34.9 Å². The topological polar surface area (TPSA) is 115 Å². The van der Waals surface area contributed by atoms with Crippen molar-refractivity contribution in [2.45, 2.75) is 40.7 Å². The van der Waals surface area contributed by atoms with Gasteiger partial charge < -0.3 is 19.3 Å². The van der Waals surface area contributed by atoms with E-state index >= 15 is 0 Å². The minimum atomic E-state index is -1.05. The van der Waals surface area contributed by atoms with E-state index in [-0.39, 0.29) is 27.9 Å². The van der Waals surface area contributed by atoms with Crippen molar-refractivity contribution in [1.29, 1.82) is 0 Å². The van der Waals surface area contributed by atoms with Gasteiger partial charge >= 0.3 is 11.9 Å². The fourth-order valence-electron chi connectivity index (χ4n) is 4.48. The molecule has 0 saturated carbocycles. The number of ether oxygens (including phenoxy) is 3. The second kappa shape index (κ2) is 11.3. The largest absolute Gasteiger partial charge is 0.507 e. The van der Waals surface area contributed by atoms with Crippen LogP contribution in [0.25, 0.3) is 5.76 Å². The SMILES string of the molecule is CCOC(=O)c1sc(N2C(=O)C(=O)C(=C(O)c3cc(C)ccc3C)C2c2ccc(OCC)c(OC)c2)nc1C. The standard InChI is InChI=1S/C29H30N2O7S/c1-7-37-20-12-11-18(14-21(20)36-6)23-22(24(32)19-13-15(3)9-10-16(19)4)25(33)27(34)31(23)29-30-17(5)26(39-29)28(35)38-8-2/h9-14,23,32H,7-8H2,1-6H3. The molecule has 1 N–H and O–H groups in total. The Hall–Kier alpha value is -4.18. The van der Waals surface area contributed by atoms with Gasteiger partial charge in [0.05, 0.1) is 37.6 Å². The molecular weight excluding hydrogens is 520 g/mol. The maximum absolute atomic E-state index is 13.6. The number of rotatable bonds is 8. The number of aliphatic hydroxyl groups is 1. The number of amides is 1. The van der Waals surface area contributed by atoms with Gasteiger partial charge in [-0.2, -0.15) is 0 Å². The van der Waals surface area contributed by atoms with Crippen molar-refractivity contribution in [3.63, 3.8) is 0 Å². The lowest BCUT2D eigenvalue weighted by molar-refractivity contribution is -0.132. The van der Waals surface area contributed by atoms with E-state index in [0.717, 1.165) is 22.5 Å². The molecule has 0 bridgehead atoms. The highest BCUT2D eigenvalue weighted by atomic mass is 32.1. The number of esters is 1. The maximum atomic E-state index is 13.6. The van der Waals surface area contributed by atoms with E-state index in [1.165, 1.54) is 12.0 Å². The average Bonchev–Trinajstić information content (AvgIpc) is 3.42. The predicted octanol–water partition coefficient (Wildman–Crippen LogP) is 5.28. The van der Waals surface area contributed by atoms with Gasteiger partial charge in [-0.3, -0.25) is 14.5 Å². The Labute approximate surface area is 230 Å². The van der Waals surface area contributed by atoms with Crippen LogP contribution in [0.3, 0.4) is 0 Å². The second-order valence-electron chi connectivity index (χ2n) is 8.96. The molecule has 1 atom stereocenters. The van der Waals surface area contributed by atoms with Crippen LogP contribution >= 0.6 is 11.3 Å². The van der Waals surface area contributed by atoms with Crippen molar-refractivity contribution in [2.24, 2.45) is 0 Å². The smallest absolute Gasteiger partial charge is 0.350 e. The fourth-order valence-corrected chi connectivity index (χ4v) is 5.47. The van der Waals surface area contributed by atoms with Gasteiger partial charge in [0.1, 0.15) is 10.6 Å². The number of aromatic nitrogens is 1. The summed E-state index contributed by atoms with van der Waals surface area (Å²) < 4.78 is 16.3. The first kappa shape index (κ1) is 27.8. The number of carbonyl (C=O) groups is 3. The van der Waals surface area contributed by atoms with E-state index in [9.17, 15) is 19.5 Å². The van der Waals surface area contributed by atoms with Crippen LogP contribution < -0.4 is 14.4 Å². The Morgan fingerprint density at radius 3 is 2.46 bits per heavy atom. The number of ketones is 1. The fraction of sp³-hybridized carbons (Fsp3) is 0.310. The zero-order valence-corrected chi connectivity index (χ0v) is 23.5. The minimum absolute atomic E-state index is 0.0922. The molecule has 3 aromatic rings. The van der Waals surface area contributed by atoms with Crippen molar-refractivity contribution in [3.05, 3.63) is 74.8 Å². The van der Waals surface area contributed by atoms with Gasteiger partial charge in [-0.05, 0) is 63.9 Å². The summed E-state index contributed by atoms with van der Waals surface area (Å²) in [5.74, 6) is -1.71. The summed E-state index contributed by atoms with van der Waals surface area (Å²) in [6.45, 7) is 9.45. The summed E-state index contributed by atoms with van der Waals surface area (Å²) in [6.07, 6.45) is 0. The van der Waals surface area contributed by atoms with Crippen LogP contribution in [-0.4, -0.2) is 48.1 Å². The molecule has 2 heterocycles. The summed E-state index contributed by atoms with van der Waals surface area (Å²) in [4.78, 5) is 45.5. The Bertz CT molecular complexity index is 1490. The number of aryl methyl sites for hydroxylation is 3. The minimum Gasteiger partial charge on any atom is -0.507 e. The summed E-state index contributed by atoms with van der Waals surface area (Å²) in [5.41, 5.74) is 2.83. The highest BCUT2D eigenvalue weighted by molar-refractivity contribution is 7.17. The number of hydrogen-bond acceptors (Lipinski definition) is 9. The summed E-state index contributed by atoms with van der Waals surface area (Å²) in [5, 5.41) is 11.7. The molecule has 9 nitrogen and oxygen atoms in total. The summed E-state index contributed by atoms with van der Waals surface area (Å²) >= 11 is 0.952.